The number of terminal acetylenes is 1. The van der Waals surface area contributed by atoms with Crippen LogP contribution in [0.3, 0.4) is 0 Å². The average molecular weight is 234 g/mol. The Kier molecular flexibility index (Phi) is 2.87. The summed E-state index contributed by atoms with van der Waals surface area (Å²) >= 11 is 0. The third-order valence-corrected chi connectivity index (χ3v) is 4.18. The molecule has 0 saturated carbocycles. The molecule has 2 rings (SSSR count). The molecule has 1 aromatic heterocycles. The van der Waals surface area contributed by atoms with Gasteiger partial charge in [-0.1, -0.05) is 6.07 Å². The van der Waals surface area contributed by atoms with Crippen LogP contribution in [0, 0.1) is 12.1 Å². The van der Waals surface area contributed by atoms with E-state index in [0.717, 1.165) is 5.39 Å². The van der Waals surface area contributed by atoms with Crippen LogP contribution in [0.5, 0.6) is 0 Å². The van der Waals surface area contributed by atoms with E-state index in [4.69, 9.17) is 15.4 Å². The highest BCUT2D eigenvalue weighted by molar-refractivity contribution is 7.71. The minimum atomic E-state index is -3.16. The van der Waals surface area contributed by atoms with Gasteiger partial charge in [-0.3, -0.25) is 4.57 Å². The van der Waals surface area contributed by atoms with E-state index >= 15 is 0 Å². The molecule has 0 bridgehead atoms. The molecular formula is C12H11O3P. The molecule has 1 aromatic carbocycles. The fourth-order valence-corrected chi connectivity index (χ4v) is 2.79. The molecule has 0 aliphatic rings. The monoisotopic (exact) mass is 234 g/mol. The predicted octanol–water partition coefficient (Wildman–Crippen LogP) is 2.96. The normalized spacial score (nSPS) is 14.5. The molecule has 4 heteroatoms. The second kappa shape index (κ2) is 4.17. The number of benzene rings is 1. The standard InChI is InChI=1S/C12H11O3P/c1-3-15-16(13,4-2)11-6-5-10-7-8-14-12(10)9-11/h2,5-9H,3H2,1H3. The first kappa shape index (κ1) is 11.0. The Hall–Kier alpha value is -1.49. The molecule has 0 radical (unpaired) electrons. The summed E-state index contributed by atoms with van der Waals surface area (Å²) in [4.78, 5) is 0. The third-order valence-electron chi connectivity index (χ3n) is 2.26. The van der Waals surface area contributed by atoms with Gasteiger partial charge >= 0.3 is 7.37 Å². The third kappa shape index (κ3) is 1.78. The lowest BCUT2D eigenvalue weighted by molar-refractivity contribution is 0.348. The van der Waals surface area contributed by atoms with Crippen LogP contribution in [-0.4, -0.2) is 6.61 Å². The molecule has 16 heavy (non-hydrogen) atoms. The van der Waals surface area contributed by atoms with E-state index in [2.05, 4.69) is 5.66 Å². The number of fused-ring (bicyclic) bond motifs is 1. The maximum atomic E-state index is 12.2. The van der Waals surface area contributed by atoms with Crippen LogP contribution >= 0.6 is 7.37 Å². The van der Waals surface area contributed by atoms with Gasteiger partial charge in [0.15, 0.2) is 0 Å². The topological polar surface area (TPSA) is 39.4 Å². The number of hydrogen-bond acceptors (Lipinski definition) is 3. The first-order valence-electron chi connectivity index (χ1n) is 4.90. The molecule has 0 amide bonds. The molecule has 3 nitrogen and oxygen atoms in total. The molecule has 0 saturated heterocycles. The zero-order valence-electron chi connectivity index (χ0n) is 8.84. The molecule has 2 aromatic rings. The van der Waals surface area contributed by atoms with Gasteiger partial charge in [-0.2, -0.15) is 0 Å². The average Bonchev–Trinajstić information content (AvgIpc) is 2.76. The Balaban J connectivity index is 2.54. The van der Waals surface area contributed by atoms with Crippen molar-refractivity contribution in [3.05, 3.63) is 30.5 Å². The lowest BCUT2D eigenvalue weighted by atomic mass is 10.3. The van der Waals surface area contributed by atoms with Crippen molar-refractivity contribution in [1.29, 1.82) is 0 Å². The first-order valence-corrected chi connectivity index (χ1v) is 6.52. The van der Waals surface area contributed by atoms with E-state index in [1.165, 1.54) is 0 Å². The lowest BCUT2D eigenvalue weighted by Gasteiger charge is -2.10. The zero-order valence-corrected chi connectivity index (χ0v) is 9.74. The Morgan fingerprint density at radius 2 is 2.31 bits per heavy atom. The van der Waals surface area contributed by atoms with Gasteiger partial charge in [-0.05, 0) is 30.8 Å². The van der Waals surface area contributed by atoms with Gasteiger partial charge in [0.25, 0.3) is 0 Å². The Morgan fingerprint density at radius 1 is 1.50 bits per heavy atom. The second-order valence-corrected chi connectivity index (χ2v) is 5.38. The maximum absolute atomic E-state index is 12.2. The van der Waals surface area contributed by atoms with Crippen LogP contribution in [0.4, 0.5) is 0 Å². The molecule has 1 heterocycles. The van der Waals surface area contributed by atoms with Gasteiger partial charge < -0.3 is 8.94 Å². The minimum absolute atomic E-state index is 0.317. The van der Waals surface area contributed by atoms with Gasteiger partial charge in [0.2, 0.25) is 0 Å². The highest BCUT2D eigenvalue weighted by Crippen LogP contribution is 2.44. The van der Waals surface area contributed by atoms with Gasteiger partial charge in [-0.15, -0.1) is 6.42 Å². The summed E-state index contributed by atoms with van der Waals surface area (Å²) in [7, 11) is -3.16. The van der Waals surface area contributed by atoms with Crippen molar-refractivity contribution in [3.63, 3.8) is 0 Å². The maximum Gasteiger partial charge on any atom is 0.302 e. The van der Waals surface area contributed by atoms with Crippen molar-refractivity contribution >= 4 is 23.6 Å². The molecule has 0 aliphatic carbocycles. The SMILES string of the molecule is C#CP(=O)(OCC)c1ccc2ccoc2c1. The molecule has 0 aliphatic heterocycles. The van der Waals surface area contributed by atoms with Gasteiger partial charge in [0.1, 0.15) is 5.58 Å². The largest absolute Gasteiger partial charge is 0.464 e. The fraction of sp³-hybridized carbons (Fsp3) is 0.167. The fourth-order valence-electron chi connectivity index (χ4n) is 1.49. The van der Waals surface area contributed by atoms with Crippen LogP contribution in [0.1, 0.15) is 6.92 Å². The van der Waals surface area contributed by atoms with Crippen molar-refractivity contribution in [3.8, 4) is 12.1 Å². The highest BCUT2D eigenvalue weighted by atomic mass is 31.2. The second-order valence-electron chi connectivity index (χ2n) is 3.24. The minimum Gasteiger partial charge on any atom is -0.464 e. The molecule has 1 atom stereocenters. The van der Waals surface area contributed by atoms with Crippen LogP contribution in [-0.2, 0) is 9.09 Å². The summed E-state index contributed by atoms with van der Waals surface area (Å²) in [5.74, 6) is 0. The zero-order chi connectivity index (χ0) is 11.6. The van der Waals surface area contributed by atoms with E-state index in [-0.39, 0.29) is 0 Å². The quantitative estimate of drug-likeness (QED) is 0.605. The van der Waals surface area contributed by atoms with E-state index in [0.29, 0.717) is 17.5 Å². The van der Waals surface area contributed by atoms with Crippen LogP contribution in [0.25, 0.3) is 11.0 Å². The van der Waals surface area contributed by atoms with Crippen LogP contribution in [0.2, 0.25) is 0 Å². The lowest BCUT2D eigenvalue weighted by Crippen LogP contribution is -2.05. The molecule has 0 fully saturated rings. The smallest absolute Gasteiger partial charge is 0.302 e. The Labute approximate surface area is 93.9 Å². The summed E-state index contributed by atoms with van der Waals surface area (Å²) in [6.07, 6.45) is 6.86. The van der Waals surface area contributed by atoms with E-state index in [1.54, 1.807) is 25.3 Å². The van der Waals surface area contributed by atoms with Crippen molar-refractivity contribution < 1.29 is 13.5 Å². The summed E-state index contributed by atoms with van der Waals surface area (Å²) in [6.45, 7) is 2.08. The van der Waals surface area contributed by atoms with E-state index in [9.17, 15) is 4.57 Å². The molecule has 0 N–H and O–H groups in total. The van der Waals surface area contributed by atoms with Gasteiger partial charge in [0, 0.05) is 5.39 Å². The Bertz CT molecular complexity index is 592. The highest BCUT2D eigenvalue weighted by Gasteiger charge is 2.23. The summed E-state index contributed by atoms with van der Waals surface area (Å²) < 4.78 is 22.6. The first-order chi connectivity index (χ1) is 7.69. The summed E-state index contributed by atoms with van der Waals surface area (Å²) in [6, 6.07) is 7.04. The van der Waals surface area contributed by atoms with Crippen LogP contribution < -0.4 is 5.30 Å². The van der Waals surface area contributed by atoms with Crippen LogP contribution in [0.15, 0.2) is 34.9 Å². The van der Waals surface area contributed by atoms with Crippen molar-refractivity contribution in [2.24, 2.45) is 0 Å². The number of rotatable bonds is 3. The van der Waals surface area contributed by atoms with Gasteiger partial charge in [-0.25, -0.2) is 0 Å². The molecule has 1 unspecified atom stereocenters. The number of hydrogen-bond donors (Lipinski definition) is 0. The van der Waals surface area contributed by atoms with Crippen molar-refractivity contribution in [2.75, 3.05) is 6.61 Å². The Morgan fingerprint density at radius 3 is 3.00 bits per heavy atom. The van der Waals surface area contributed by atoms with Gasteiger partial charge in [0.05, 0.1) is 18.2 Å². The van der Waals surface area contributed by atoms with E-state index < -0.39 is 7.37 Å². The predicted molar refractivity (Wildman–Crippen MR) is 63.9 cm³/mol. The van der Waals surface area contributed by atoms with E-state index in [1.807, 2.05) is 12.1 Å². The number of furan rings is 1. The molecular weight excluding hydrogens is 223 g/mol. The van der Waals surface area contributed by atoms with Crippen molar-refractivity contribution in [1.82, 2.24) is 0 Å². The molecule has 82 valence electrons. The molecule has 0 spiro atoms. The van der Waals surface area contributed by atoms with Crippen molar-refractivity contribution in [2.45, 2.75) is 6.92 Å². The summed E-state index contributed by atoms with van der Waals surface area (Å²) in [5, 5.41) is 1.45. The summed E-state index contributed by atoms with van der Waals surface area (Å²) in [5.41, 5.74) is 2.90.